The summed E-state index contributed by atoms with van der Waals surface area (Å²) < 4.78 is 4.66. The van der Waals surface area contributed by atoms with Crippen molar-refractivity contribution in [2.24, 2.45) is 0 Å². The summed E-state index contributed by atoms with van der Waals surface area (Å²) in [5.41, 5.74) is 0.779. The first kappa shape index (κ1) is 15.8. The Kier molecular flexibility index (Phi) is 5.59. The van der Waals surface area contributed by atoms with Gasteiger partial charge in [0.2, 0.25) is 5.91 Å². The van der Waals surface area contributed by atoms with E-state index in [0.717, 1.165) is 32.2 Å². The summed E-state index contributed by atoms with van der Waals surface area (Å²) in [4.78, 5) is 23.8. The van der Waals surface area contributed by atoms with E-state index in [1.165, 1.54) is 13.2 Å². The molecule has 6 heteroatoms. The fourth-order valence-electron chi connectivity index (χ4n) is 2.35. The molecule has 0 aromatic heterocycles. The molecule has 0 aliphatic carbocycles. The van der Waals surface area contributed by atoms with Crippen molar-refractivity contribution >= 4 is 29.2 Å². The third-order valence-corrected chi connectivity index (χ3v) is 3.85. The van der Waals surface area contributed by atoms with Crippen molar-refractivity contribution in [3.05, 3.63) is 28.8 Å². The molecule has 21 heavy (non-hydrogen) atoms. The quantitative estimate of drug-likeness (QED) is 0.842. The maximum Gasteiger partial charge on any atom is 0.339 e. The molecule has 5 nitrogen and oxygen atoms in total. The Morgan fingerprint density at radius 2 is 2.14 bits per heavy atom. The lowest BCUT2D eigenvalue weighted by Gasteiger charge is -2.16. The Balaban J connectivity index is 2.08. The van der Waals surface area contributed by atoms with Crippen molar-refractivity contribution in [3.8, 4) is 0 Å². The maximum absolute atomic E-state index is 12.2. The monoisotopic (exact) mass is 310 g/mol. The zero-order valence-corrected chi connectivity index (χ0v) is 12.7. The third kappa shape index (κ3) is 4.19. The average Bonchev–Trinajstić information content (AvgIpc) is 2.77. The van der Waals surface area contributed by atoms with Gasteiger partial charge in [-0.1, -0.05) is 24.4 Å². The van der Waals surface area contributed by atoms with Gasteiger partial charge in [0.15, 0.2) is 0 Å². The Morgan fingerprint density at radius 1 is 1.33 bits per heavy atom. The van der Waals surface area contributed by atoms with E-state index in [-0.39, 0.29) is 17.5 Å². The lowest BCUT2D eigenvalue weighted by Crippen LogP contribution is -2.39. The van der Waals surface area contributed by atoms with Crippen molar-refractivity contribution in [2.45, 2.75) is 31.7 Å². The molecule has 0 bridgehead atoms. The molecule has 0 radical (unpaired) electrons. The zero-order valence-electron chi connectivity index (χ0n) is 11.9. The second kappa shape index (κ2) is 7.43. The molecule has 1 aliphatic heterocycles. The largest absolute Gasteiger partial charge is 0.465 e. The molecule has 1 heterocycles. The average molecular weight is 311 g/mol. The van der Waals surface area contributed by atoms with Crippen molar-refractivity contribution in [2.75, 3.05) is 19.0 Å². The molecule has 1 amide bonds. The number of amides is 1. The van der Waals surface area contributed by atoms with Gasteiger partial charge in [-0.2, -0.15) is 0 Å². The highest BCUT2D eigenvalue weighted by Crippen LogP contribution is 2.22. The van der Waals surface area contributed by atoms with Crippen molar-refractivity contribution < 1.29 is 14.3 Å². The molecule has 1 aromatic rings. The minimum Gasteiger partial charge on any atom is -0.465 e. The van der Waals surface area contributed by atoms with E-state index in [1.807, 2.05) is 0 Å². The predicted octanol–water partition coefficient (Wildman–Crippen LogP) is 2.60. The van der Waals surface area contributed by atoms with Crippen LogP contribution < -0.4 is 10.6 Å². The van der Waals surface area contributed by atoms with Crippen LogP contribution in [-0.2, 0) is 9.53 Å². The predicted molar refractivity (Wildman–Crippen MR) is 81.7 cm³/mol. The van der Waals surface area contributed by atoms with Gasteiger partial charge >= 0.3 is 5.97 Å². The summed E-state index contributed by atoms with van der Waals surface area (Å²) in [6.07, 6.45) is 4.10. The van der Waals surface area contributed by atoms with Crippen LogP contribution in [0.25, 0.3) is 0 Å². The number of hydrogen-bond acceptors (Lipinski definition) is 4. The first-order valence-corrected chi connectivity index (χ1v) is 7.41. The van der Waals surface area contributed by atoms with E-state index in [1.54, 1.807) is 12.1 Å². The van der Waals surface area contributed by atoms with Crippen LogP contribution in [0, 0.1) is 0 Å². The van der Waals surface area contributed by atoms with Crippen LogP contribution in [0.2, 0.25) is 5.02 Å². The molecule has 1 unspecified atom stereocenters. The molecule has 2 rings (SSSR count). The third-order valence-electron chi connectivity index (χ3n) is 3.52. The highest BCUT2D eigenvalue weighted by Gasteiger charge is 2.20. The van der Waals surface area contributed by atoms with E-state index >= 15 is 0 Å². The Hall–Kier alpha value is -1.59. The lowest BCUT2D eigenvalue weighted by atomic mass is 10.1. The summed E-state index contributed by atoms with van der Waals surface area (Å²) in [5.74, 6) is -0.612. The van der Waals surface area contributed by atoms with Gasteiger partial charge in [0.25, 0.3) is 0 Å². The molecule has 114 valence electrons. The fraction of sp³-hybridized carbons (Fsp3) is 0.467. The zero-order chi connectivity index (χ0) is 15.2. The van der Waals surface area contributed by atoms with Gasteiger partial charge in [-0.15, -0.1) is 0 Å². The van der Waals surface area contributed by atoms with Crippen LogP contribution in [0.4, 0.5) is 5.69 Å². The Bertz CT molecular complexity index is 526. The molecular formula is C15H19ClN2O3. The molecular weight excluding hydrogens is 292 g/mol. The molecule has 0 saturated carbocycles. The van der Waals surface area contributed by atoms with Gasteiger partial charge in [0.1, 0.15) is 0 Å². The number of ether oxygens (including phenoxy) is 1. The number of carbonyl (C=O) groups is 2. The van der Waals surface area contributed by atoms with Crippen LogP contribution in [-0.4, -0.2) is 31.6 Å². The van der Waals surface area contributed by atoms with Gasteiger partial charge in [-0.05, 0) is 37.6 Å². The minimum absolute atomic E-state index is 0.0879. The summed E-state index contributed by atoms with van der Waals surface area (Å²) in [7, 11) is 1.29. The number of esters is 1. The van der Waals surface area contributed by atoms with Crippen LogP contribution >= 0.6 is 11.6 Å². The number of rotatable bonds is 3. The minimum atomic E-state index is -0.524. The topological polar surface area (TPSA) is 67.4 Å². The summed E-state index contributed by atoms with van der Waals surface area (Å²) in [6, 6.07) is 4.58. The van der Waals surface area contributed by atoms with Crippen LogP contribution in [0.5, 0.6) is 0 Å². The molecule has 2 N–H and O–H groups in total. The first-order chi connectivity index (χ1) is 10.1. The summed E-state index contributed by atoms with van der Waals surface area (Å²) >= 11 is 5.95. The number of benzene rings is 1. The van der Waals surface area contributed by atoms with E-state index in [9.17, 15) is 9.59 Å². The molecule has 1 fully saturated rings. The van der Waals surface area contributed by atoms with E-state index in [0.29, 0.717) is 10.7 Å². The first-order valence-electron chi connectivity index (χ1n) is 7.04. The van der Waals surface area contributed by atoms with Gasteiger partial charge in [0.05, 0.1) is 23.7 Å². The Labute approximate surface area is 129 Å². The normalized spacial score (nSPS) is 18.7. The second-order valence-corrected chi connectivity index (χ2v) is 5.44. The van der Waals surface area contributed by atoms with Gasteiger partial charge in [-0.3, -0.25) is 4.79 Å². The number of methoxy groups -OCH3 is 1. The van der Waals surface area contributed by atoms with Gasteiger partial charge in [0, 0.05) is 5.69 Å². The summed E-state index contributed by atoms with van der Waals surface area (Å²) in [5, 5.41) is 6.35. The van der Waals surface area contributed by atoms with Crippen molar-refractivity contribution in [1.82, 2.24) is 5.32 Å². The van der Waals surface area contributed by atoms with E-state index in [4.69, 9.17) is 11.6 Å². The number of carbonyl (C=O) groups excluding carboxylic acids is 2. The Morgan fingerprint density at radius 3 is 2.90 bits per heavy atom. The highest BCUT2D eigenvalue weighted by molar-refractivity contribution is 6.33. The number of nitrogens with one attached hydrogen (secondary N) is 2. The molecule has 1 aromatic carbocycles. The standard InChI is InChI=1S/C15H19ClN2O3/c1-21-15(20)11-9-10(6-7-12(11)16)18-14(19)13-5-3-2-4-8-17-13/h6-7,9,13,17H,2-5,8H2,1H3,(H,18,19). The number of hydrogen-bond donors (Lipinski definition) is 2. The number of halogens is 1. The molecule has 0 spiro atoms. The van der Waals surface area contributed by atoms with Crippen molar-refractivity contribution in [1.29, 1.82) is 0 Å². The smallest absolute Gasteiger partial charge is 0.339 e. The maximum atomic E-state index is 12.2. The van der Waals surface area contributed by atoms with Crippen molar-refractivity contribution in [3.63, 3.8) is 0 Å². The number of anilines is 1. The highest BCUT2D eigenvalue weighted by atomic mass is 35.5. The fourth-order valence-corrected chi connectivity index (χ4v) is 2.55. The lowest BCUT2D eigenvalue weighted by molar-refractivity contribution is -0.118. The molecule has 1 aliphatic rings. The van der Waals surface area contributed by atoms with Crippen LogP contribution in [0.15, 0.2) is 18.2 Å². The van der Waals surface area contributed by atoms with Gasteiger partial charge in [-0.25, -0.2) is 4.79 Å². The van der Waals surface area contributed by atoms with E-state index in [2.05, 4.69) is 15.4 Å². The SMILES string of the molecule is COC(=O)c1cc(NC(=O)C2CCCCCN2)ccc1Cl. The summed E-state index contributed by atoms with van der Waals surface area (Å²) in [6.45, 7) is 0.853. The van der Waals surface area contributed by atoms with Crippen LogP contribution in [0.3, 0.4) is 0 Å². The second-order valence-electron chi connectivity index (χ2n) is 5.03. The molecule has 1 atom stereocenters. The molecule has 1 saturated heterocycles. The van der Waals surface area contributed by atoms with Gasteiger partial charge < -0.3 is 15.4 Å². The van der Waals surface area contributed by atoms with Crippen LogP contribution in [0.1, 0.15) is 36.0 Å². The van der Waals surface area contributed by atoms with E-state index < -0.39 is 5.97 Å².